The van der Waals surface area contributed by atoms with Crippen molar-refractivity contribution in [1.29, 1.82) is 0 Å². The van der Waals surface area contributed by atoms with Gasteiger partial charge in [-0.3, -0.25) is 10.5 Å². The number of halogens is 1. The number of aromatic nitrogens is 2. The first-order valence-electron chi connectivity index (χ1n) is 6.20. The summed E-state index contributed by atoms with van der Waals surface area (Å²) in [5, 5.41) is 4.40. The Morgan fingerprint density at radius 2 is 2.21 bits per heavy atom. The minimum absolute atomic E-state index is 0.156. The first-order valence-corrected chi connectivity index (χ1v) is 7.00. The Balaban J connectivity index is 3.06. The van der Waals surface area contributed by atoms with E-state index >= 15 is 0 Å². The maximum atomic E-state index is 5.72. The first-order chi connectivity index (χ1) is 8.83. The fourth-order valence-corrected chi connectivity index (χ4v) is 2.38. The lowest BCUT2D eigenvalue weighted by molar-refractivity contribution is -0.0138. The number of hydrazine groups is 1. The van der Waals surface area contributed by atoms with Crippen molar-refractivity contribution >= 4 is 15.9 Å². The van der Waals surface area contributed by atoms with Gasteiger partial charge in [-0.2, -0.15) is 5.10 Å². The van der Waals surface area contributed by atoms with Crippen LogP contribution in [0.5, 0.6) is 0 Å². The van der Waals surface area contributed by atoms with E-state index in [0.717, 1.165) is 23.3 Å². The number of nitrogens with one attached hydrogen (secondary N) is 1. The summed E-state index contributed by atoms with van der Waals surface area (Å²) in [6.45, 7) is 5.69. The standard InChI is InChI=1S/C12H24BrN5O/c1-12(2,19-5)11(16-14)10-9(13)8-15-18(10)7-6-17(3)4/h8,11,16H,6-7,14H2,1-5H3. The van der Waals surface area contributed by atoms with E-state index in [4.69, 9.17) is 10.6 Å². The molecule has 0 aromatic carbocycles. The van der Waals surface area contributed by atoms with Gasteiger partial charge in [-0.25, -0.2) is 5.43 Å². The van der Waals surface area contributed by atoms with Crippen molar-refractivity contribution in [3.05, 3.63) is 16.4 Å². The van der Waals surface area contributed by atoms with Gasteiger partial charge in [0.2, 0.25) is 0 Å². The molecule has 0 saturated carbocycles. The summed E-state index contributed by atoms with van der Waals surface area (Å²) in [6.07, 6.45) is 1.79. The van der Waals surface area contributed by atoms with Gasteiger partial charge < -0.3 is 9.64 Å². The normalized spacial score (nSPS) is 14.1. The van der Waals surface area contributed by atoms with Crippen LogP contribution in [0.1, 0.15) is 25.6 Å². The quantitative estimate of drug-likeness (QED) is 0.578. The molecule has 7 heteroatoms. The second-order valence-corrected chi connectivity index (χ2v) is 6.17. The second kappa shape index (κ2) is 6.81. The molecule has 110 valence electrons. The fourth-order valence-electron chi connectivity index (χ4n) is 1.86. The van der Waals surface area contributed by atoms with Crippen LogP contribution in [0, 0.1) is 0 Å². The molecule has 0 spiro atoms. The summed E-state index contributed by atoms with van der Waals surface area (Å²) in [6, 6.07) is -0.156. The highest BCUT2D eigenvalue weighted by Gasteiger charge is 2.34. The van der Waals surface area contributed by atoms with Crippen LogP contribution in [0.15, 0.2) is 10.7 Å². The van der Waals surface area contributed by atoms with Gasteiger partial charge in [0.1, 0.15) is 0 Å². The highest BCUT2D eigenvalue weighted by Crippen LogP contribution is 2.32. The van der Waals surface area contributed by atoms with Crippen molar-refractivity contribution in [1.82, 2.24) is 20.1 Å². The lowest BCUT2D eigenvalue weighted by atomic mass is 9.96. The molecule has 0 saturated heterocycles. The number of nitrogens with two attached hydrogens (primary N) is 1. The zero-order valence-electron chi connectivity index (χ0n) is 12.3. The van der Waals surface area contributed by atoms with Crippen molar-refractivity contribution in [3.63, 3.8) is 0 Å². The van der Waals surface area contributed by atoms with Gasteiger partial charge in [0.05, 0.1) is 34.6 Å². The minimum Gasteiger partial charge on any atom is -0.377 e. The van der Waals surface area contributed by atoms with E-state index in [2.05, 4.69) is 31.4 Å². The third-order valence-corrected chi connectivity index (χ3v) is 3.86. The molecule has 1 atom stereocenters. The maximum absolute atomic E-state index is 5.72. The third kappa shape index (κ3) is 4.00. The molecule has 0 aliphatic rings. The Bertz CT molecular complexity index is 405. The molecule has 1 heterocycles. The zero-order valence-corrected chi connectivity index (χ0v) is 13.9. The molecule has 1 aromatic heterocycles. The van der Waals surface area contributed by atoms with E-state index in [1.807, 2.05) is 32.6 Å². The van der Waals surface area contributed by atoms with Gasteiger partial charge >= 0.3 is 0 Å². The molecule has 0 aliphatic carbocycles. The molecule has 3 N–H and O–H groups in total. The molecule has 0 fully saturated rings. The Morgan fingerprint density at radius 3 is 2.68 bits per heavy atom. The summed E-state index contributed by atoms with van der Waals surface area (Å²) in [4.78, 5) is 2.12. The fraction of sp³-hybridized carbons (Fsp3) is 0.750. The Kier molecular flexibility index (Phi) is 5.94. The van der Waals surface area contributed by atoms with Crippen LogP contribution in [-0.4, -0.2) is 48.0 Å². The van der Waals surface area contributed by atoms with Crippen LogP contribution in [-0.2, 0) is 11.3 Å². The average molecular weight is 334 g/mol. The van der Waals surface area contributed by atoms with Crippen LogP contribution in [0.25, 0.3) is 0 Å². The van der Waals surface area contributed by atoms with E-state index < -0.39 is 5.60 Å². The van der Waals surface area contributed by atoms with E-state index in [9.17, 15) is 0 Å². The molecule has 19 heavy (non-hydrogen) atoms. The molecule has 0 bridgehead atoms. The molecular formula is C12H24BrN5O. The summed E-state index contributed by atoms with van der Waals surface area (Å²) >= 11 is 3.54. The highest BCUT2D eigenvalue weighted by atomic mass is 79.9. The SMILES string of the molecule is COC(C)(C)C(NN)c1c(Br)cnn1CCN(C)C. The van der Waals surface area contributed by atoms with E-state index in [1.54, 1.807) is 13.3 Å². The van der Waals surface area contributed by atoms with Crippen LogP contribution in [0.4, 0.5) is 0 Å². The minimum atomic E-state index is -0.437. The molecule has 0 aliphatic heterocycles. The van der Waals surface area contributed by atoms with Crippen molar-refractivity contribution in [2.24, 2.45) is 5.84 Å². The molecular weight excluding hydrogens is 310 g/mol. The topological polar surface area (TPSA) is 68.3 Å². The second-order valence-electron chi connectivity index (χ2n) is 5.31. The van der Waals surface area contributed by atoms with Crippen molar-refractivity contribution in [2.45, 2.75) is 32.0 Å². The van der Waals surface area contributed by atoms with Crippen molar-refractivity contribution in [2.75, 3.05) is 27.7 Å². The average Bonchev–Trinajstić information content (AvgIpc) is 2.69. The smallest absolute Gasteiger partial charge is 0.0924 e. The maximum Gasteiger partial charge on any atom is 0.0924 e. The number of likely N-dealkylation sites (N-methyl/N-ethyl adjacent to an activating group) is 1. The summed E-state index contributed by atoms with van der Waals surface area (Å²) in [5.74, 6) is 5.72. The van der Waals surface area contributed by atoms with Crippen LogP contribution in [0.2, 0.25) is 0 Å². The highest BCUT2D eigenvalue weighted by molar-refractivity contribution is 9.10. The Labute approximate surface area is 123 Å². The van der Waals surface area contributed by atoms with Gasteiger partial charge in [0, 0.05) is 13.7 Å². The number of rotatable bonds is 7. The van der Waals surface area contributed by atoms with Gasteiger partial charge in [-0.1, -0.05) is 0 Å². The monoisotopic (exact) mass is 333 g/mol. The first kappa shape index (κ1) is 16.6. The Hall–Kier alpha value is -0.470. The summed E-state index contributed by atoms with van der Waals surface area (Å²) in [5.41, 5.74) is 3.39. The number of nitrogens with zero attached hydrogens (tertiary/aromatic N) is 3. The third-order valence-electron chi connectivity index (χ3n) is 3.25. The molecule has 1 rings (SSSR count). The summed E-state index contributed by atoms with van der Waals surface area (Å²) in [7, 11) is 5.75. The molecule has 0 amide bonds. The van der Waals surface area contributed by atoms with Crippen LogP contribution >= 0.6 is 15.9 Å². The van der Waals surface area contributed by atoms with Crippen molar-refractivity contribution in [3.8, 4) is 0 Å². The number of ether oxygens (including phenoxy) is 1. The predicted molar refractivity (Wildman–Crippen MR) is 79.6 cm³/mol. The van der Waals surface area contributed by atoms with Crippen LogP contribution < -0.4 is 11.3 Å². The predicted octanol–water partition coefficient (Wildman–Crippen LogP) is 1.14. The Morgan fingerprint density at radius 1 is 1.58 bits per heavy atom. The lowest BCUT2D eigenvalue weighted by Crippen LogP contribution is -2.45. The lowest BCUT2D eigenvalue weighted by Gasteiger charge is -2.33. The number of hydrogen-bond acceptors (Lipinski definition) is 5. The molecule has 6 nitrogen and oxygen atoms in total. The number of methoxy groups -OCH3 is 1. The molecule has 1 aromatic rings. The zero-order chi connectivity index (χ0) is 14.6. The van der Waals surface area contributed by atoms with Gasteiger partial charge in [-0.05, 0) is 43.9 Å². The van der Waals surface area contributed by atoms with Crippen molar-refractivity contribution < 1.29 is 4.74 Å². The summed E-state index contributed by atoms with van der Waals surface area (Å²) < 4.78 is 8.42. The number of hydrogen-bond donors (Lipinski definition) is 2. The van der Waals surface area contributed by atoms with Gasteiger partial charge in [0.25, 0.3) is 0 Å². The molecule has 1 unspecified atom stereocenters. The van der Waals surface area contributed by atoms with E-state index in [0.29, 0.717) is 0 Å². The largest absolute Gasteiger partial charge is 0.377 e. The van der Waals surface area contributed by atoms with Crippen LogP contribution in [0.3, 0.4) is 0 Å². The van der Waals surface area contributed by atoms with Gasteiger partial charge in [0.15, 0.2) is 0 Å². The molecule has 0 radical (unpaired) electrons. The van der Waals surface area contributed by atoms with E-state index in [1.165, 1.54) is 0 Å². The van der Waals surface area contributed by atoms with Gasteiger partial charge in [-0.15, -0.1) is 0 Å². The van der Waals surface area contributed by atoms with E-state index in [-0.39, 0.29) is 6.04 Å².